The van der Waals surface area contributed by atoms with Gasteiger partial charge in [-0.25, -0.2) is 0 Å². The molecule has 0 saturated carbocycles. The van der Waals surface area contributed by atoms with Crippen molar-refractivity contribution in [3.05, 3.63) is 69.8 Å². The molecule has 0 N–H and O–H groups in total. The van der Waals surface area contributed by atoms with Crippen molar-refractivity contribution in [2.75, 3.05) is 13.3 Å². The molecule has 0 aromatic heterocycles. The van der Waals surface area contributed by atoms with Gasteiger partial charge in [-0.2, -0.15) is 0 Å². The van der Waals surface area contributed by atoms with Crippen molar-refractivity contribution in [1.29, 1.82) is 0 Å². The Balaban J connectivity index is 2.14. The van der Waals surface area contributed by atoms with E-state index in [9.17, 15) is 0 Å². The van der Waals surface area contributed by atoms with Crippen molar-refractivity contribution in [3.63, 3.8) is 0 Å². The maximum atomic E-state index is 7.07. The molecule has 0 bridgehead atoms. The Morgan fingerprint density at radius 2 is 1.18 bits per heavy atom. The van der Waals surface area contributed by atoms with Crippen molar-refractivity contribution < 1.29 is 13.6 Å². The zero-order valence-corrected chi connectivity index (χ0v) is 30.6. The van der Waals surface area contributed by atoms with E-state index in [2.05, 4.69) is 138 Å². The number of rotatable bonds is 3. The summed E-state index contributed by atoms with van der Waals surface area (Å²) in [6.07, 6.45) is 0. The van der Waals surface area contributed by atoms with Crippen molar-refractivity contribution in [2.24, 2.45) is 0 Å². The zero-order chi connectivity index (χ0) is 29.3. The van der Waals surface area contributed by atoms with Crippen LogP contribution in [0.4, 0.5) is 0 Å². The molecule has 0 aliphatic carbocycles. The Kier molecular flexibility index (Phi) is 8.20. The van der Waals surface area contributed by atoms with Gasteiger partial charge in [0.15, 0.2) is 0 Å². The van der Waals surface area contributed by atoms with Crippen LogP contribution in [0.15, 0.2) is 36.4 Å². The van der Waals surface area contributed by atoms with Crippen molar-refractivity contribution in [1.82, 2.24) is 0 Å². The summed E-state index contributed by atoms with van der Waals surface area (Å²) < 4.78 is 21.0. The molecule has 3 nitrogen and oxygen atoms in total. The van der Waals surface area contributed by atoms with E-state index in [0.29, 0.717) is 0 Å². The van der Waals surface area contributed by atoms with E-state index < -0.39 is 12.1 Å². The second kappa shape index (κ2) is 10.3. The standard InChI is InChI=1S/C32H42O3P2Se2/c1-19-17-23(31(5,6)7)29-27(21(19)3)28-22(4)20(2)18-24(32(8,9)10)30(28)35-37(39,34-29)33-25-15-13-14-16-26(25)36(11,12)38/h13-18H,1-12H3. The number of hydrogen-bond acceptors (Lipinski definition) is 3. The van der Waals surface area contributed by atoms with Gasteiger partial charge in [-0.15, -0.1) is 0 Å². The van der Waals surface area contributed by atoms with Gasteiger partial charge in [0.05, 0.1) is 0 Å². The quantitative estimate of drug-likeness (QED) is 0.203. The van der Waals surface area contributed by atoms with E-state index in [1.807, 2.05) is 12.1 Å². The summed E-state index contributed by atoms with van der Waals surface area (Å²) in [5, 5.41) is 1.17. The average Bonchev–Trinajstić information content (AvgIpc) is 2.91. The van der Waals surface area contributed by atoms with Gasteiger partial charge in [-0.05, 0) is 0 Å². The molecule has 7 heteroatoms. The molecule has 1 heterocycles. The van der Waals surface area contributed by atoms with E-state index >= 15 is 0 Å². The number of para-hydroxylation sites is 1. The van der Waals surface area contributed by atoms with Gasteiger partial charge in [0.1, 0.15) is 0 Å². The Morgan fingerprint density at radius 3 is 1.56 bits per heavy atom. The van der Waals surface area contributed by atoms with Crippen LogP contribution in [-0.4, -0.2) is 44.0 Å². The van der Waals surface area contributed by atoms with E-state index in [1.165, 1.54) is 27.6 Å². The van der Waals surface area contributed by atoms with Crippen molar-refractivity contribution >= 4 is 48.1 Å². The molecule has 0 saturated heterocycles. The Labute approximate surface area is 252 Å². The summed E-state index contributed by atoms with van der Waals surface area (Å²) in [5.74, 6) is 2.52. The predicted molar refractivity (Wildman–Crippen MR) is 173 cm³/mol. The second-order valence-electron chi connectivity index (χ2n) is 13.2. The molecule has 3 aromatic rings. The molecule has 0 unspecified atom stereocenters. The molecule has 0 amide bonds. The summed E-state index contributed by atoms with van der Waals surface area (Å²) in [7, 11) is 0. The first-order chi connectivity index (χ1) is 17.7. The van der Waals surface area contributed by atoms with Gasteiger partial charge in [0.25, 0.3) is 0 Å². The van der Waals surface area contributed by atoms with E-state index in [4.69, 9.17) is 13.6 Å². The minimum atomic E-state index is -3.07. The first kappa shape index (κ1) is 30.9. The number of hydrogen-bond donors (Lipinski definition) is 0. The van der Waals surface area contributed by atoms with Gasteiger partial charge in [-0.3, -0.25) is 0 Å². The third-order valence-electron chi connectivity index (χ3n) is 7.53. The SMILES string of the molecule is Cc1cc(C(C)(C)C)c2c(c1C)-c1c(C)c(C)cc(C(C)(C)C)c1O[P+]([Se-])(Oc1ccccc1P(C)(C)=[Se])O2. The molecule has 1 aliphatic heterocycles. The van der Waals surface area contributed by atoms with Gasteiger partial charge in [-0.1, -0.05) is 0 Å². The van der Waals surface area contributed by atoms with Gasteiger partial charge in [0, 0.05) is 0 Å². The zero-order valence-electron chi connectivity index (χ0n) is 25.4. The third-order valence-corrected chi connectivity index (χ3v) is 12.9. The van der Waals surface area contributed by atoms with Crippen LogP contribution in [0.5, 0.6) is 17.2 Å². The first-order valence-electron chi connectivity index (χ1n) is 13.4. The van der Waals surface area contributed by atoms with Crippen LogP contribution in [0.25, 0.3) is 11.1 Å². The summed E-state index contributed by atoms with van der Waals surface area (Å²) in [5.41, 5.74) is 7.66. The van der Waals surface area contributed by atoms with Crippen molar-refractivity contribution in [3.8, 4) is 28.4 Å². The molecule has 0 fully saturated rings. The van der Waals surface area contributed by atoms with Crippen LogP contribution >= 0.6 is 12.1 Å². The number of aryl methyl sites for hydroxylation is 2. The fraction of sp³-hybridized carbons (Fsp3) is 0.438. The molecule has 4 rings (SSSR count). The van der Waals surface area contributed by atoms with E-state index in [0.717, 1.165) is 39.5 Å². The Bertz CT molecular complexity index is 1430. The first-order valence-corrected chi connectivity index (χ1v) is 22.0. The molecule has 39 heavy (non-hydrogen) atoms. The molecule has 1 aliphatic rings. The van der Waals surface area contributed by atoms with Gasteiger partial charge >= 0.3 is 253 Å². The maximum absolute atomic E-state index is 7.07. The molecule has 210 valence electrons. The number of fused-ring (bicyclic) bond motifs is 3. The summed E-state index contributed by atoms with van der Waals surface area (Å²) in [4.78, 5) is 0. The molecule has 0 spiro atoms. The summed E-state index contributed by atoms with van der Waals surface area (Å²) in [6.45, 7) is 23.7. The topological polar surface area (TPSA) is 27.7 Å². The molecular formula is C32H42O3P2Se2. The molecular weight excluding hydrogens is 652 g/mol. The van der Waals surface area contributed by atoms with E-state index in [-0.39, 0.29) is 10.8 Å². The van der Waals surface area contributed by atoms with Gasteiger partial charge < -0.3 is 0 Å². The summed E-state index contributed by atoms with van der Waals surface area (Å²) in [6, 6.07) is 12.8. The second-order valence-corrected chi connectivity index (χ2v) is 26.4. The van der Waals surface area contributed by atoms with Crippen LogP contribution in [0, 0.1) is 27.7 Å². The average molecular weight is 695 g/mol. The van der Waals surface area contributed by atoms with E-state index in [1.54, 1.807) is 0 Å². The molecule has 0 radical (unpaired) electrons. The third kappa shape index (κ3) is 5.97. The number of benzene rings is 3. The fourth-order valence-electron chi connectivity index (χ4n) is 5.07. The predicted octanol–water partition coefficient (Wildman–Crippen LogP) is 8.86. The Hall–Kier alpha value is -1.04. The normalized spacial score (nSPS) is 15.0. The van der Waals surface area contributed by atoms with Crippen LogP contribution < -0.4 is 18.9 Å². The van der Waals surface area contributed by atoms with Crippen LogP contribution in [0.3, 0.4) is 0 Å². The summed E-state index contributed by atoms with van der Waals surface area (Å²) >= 11 is 6.72. The van der Waals surface area contributed by atoms with Crippen LogP contribution in [0.2, 0.25) is 0 Å². The molecule has 3 aromatic carbocycles. The monoisotopic (exact) mass is 696 g/mol. The van der Waals surface area contributed by atoms with Crippen LogP contribution in [0.1, 0.15) is 74.9 Å². The van der Waals surface area contributed by atoms with Gasteiger partial charge in [0.2, 0.25) is 0 Å². The van der Waals surface area contributed by atoms with Crippen molar-refractivity contribution in [2.45, 2.75) is 80.1 Å². The Morgan fingerprint density at radius 1 is 0.769 bits per heavy atom. The van der Waals surface area contributed by atoms with Crippen LogP contribution in [-0.2, 0) is 10.8 Å². The molecule has 0 atom stereocenters. The minimum absolute atomic E-state index is 0.147. The fourth-order valence-corrected chi connectivity index (χ4v) is 9.97.